The number of rotatable bonds is 5. The molecule has 1 aromatic heterocycles. The van der Waals surface area contributed by atoms with Crippen LogP contribution in [0.15, 0.2) is 53.0 Å². The van der Waals surface area contributed by atoms with Gasteiger partial charge in [0.2, 0.25) is 6.23 Å². The highest BCUT2D eigenvalue weighted by molar-refractivity contribution is 6.06. The van der Waals surface area contributed by atoms with Gasteiger partial charge in [-0.3, -0.25) is 9.47 Å². The molecule has 2 atom stereocenters. The van der Waals surface area contributed by atoms with Crippen LogP contribution in [0.1, 0.15) is 24.6 Å². The number of alkyl halides is 2. The van der Waals surface area contributed by atoms with Crippen molar-refractivity contribution < 1.29 is 13.5 Å². The number of halogens is 2. The van der Waals surface area contributed by atoms with Gasteiger partial charge < -0.3 is 21.2 Å². The number of aromatic nitrogens is 2. The lowest BCUT2D eigenvalue weighted by molar-refractivity contribution is -0.118. The zero-order valence-corrected chi connectivity index (χ0v) is 17.7. The molecular weight excluding hydrogens is 418 g/mol. The van der Waals surface area contributed by atoms with E-state index < -0.39 is 30.4 Å². The monoisotopic (exact) mass is 444 g/mol. The Kier molecular flexibility index (Phi) is 6.07. The van der Waals surface area contributed by atoms with Gasteiger partial charge in [0.25, 0.3) is 5.92 Å². The van der Waals surface area contributed by atoms with Gasteiger partial charge in [-0.2, -0.15) is 4.98 Å². The Morgan fingerprint density at radius 1 is 1.34 bits per heavy atom. The molecule has 0 bridgehead atoms. The van der Waals surface area contributed by atoms with Crippen molar-refractivity contribution in [3.63, 3.8) is 0 Å². The molecule has 0 unspecified atom stereocenters. The van der Waals surface area contributed by atoms with E-state index in [1.807, 2.05) is 42.3 Å². The normalized spacial score (nSPS) is 25.0. The minimum atomic E-state index is -3.22. The van der Waals surface area contributed by atoms with Crippen LogP contribution in [0.25, 0.3) is 5.70 Å². The number of nitrogen functional groups attached to an aromatic ring is 1. The first-order valence-corrected chi connectivity index (χ1v) is 10.4. The molecule has 8 nitrogen and oxygen atoms in total. The molecule has 4 rings (SSSR count). The molecule has 0 radical (unpaired) electrons. The summed E-state index contributed by atoms with van der Waals surface area (Å²) < 4.78 is 35.6. The van der Waals surface area contributed by atoms with Crippen LogP contribution in [0.3, 0.4) is 0 Å². The largest absolute Gasteiger partial charge is 0.387 e. The van der Waals surface area contributed by atoms with E-state index in [9.17, 15) is 13.6 Å². The van der Waals surface area contributed by atoms with Gasteiger partial charge in [-0.15, -0.1) is 0 Å². The molecule has 2 aliphatic heterocycles. The minimum Gasteiger partial charge on any atom is -0.387 e. The first-order chi connectivity index (χ1) is 15.3. The number of ether oxygens (including phenoxy) is 1. The molecular formula is C22H26F2N6O2. The fraction of sp³-hybridized carbons (Fsp3) is 0.409. The maximum Gasteiger partial charge on any atom is 0.351 e. The molecule has 2 aromatic rings. The molecule has 4 N–H and O–H groups in total. The summed E-state index contributed by atoms with van der Waals surface area (Å²) in [5.74, 6) is -3.25. The molecule has 170 valence electrons. The number of hydrogen-bond acceptors (Lipinski definition) is 7. The van der Waals surface area contributed by atoms with E-state index in [4.69, 9.17) is 15.9 Å². The second-order valence-electron chi connectivity index (χ2n) is 8.05. The van der Waals surface area contributed by atoms with E-state index in [1.54, 1.807) is 0 Å². The fourth-order valence-corrected chi connectivity index (χ4v) is 4.33. The van der Waals surface area contributed by atoms with Gasteiger partial charge in [0.1, 0.15) is 5.82 Å². The average molecular weight is 444 g/mol. The Hall–Kier alpha value is -3.11. The van der Waals surface area contributed by atoms with Crippen LogP contribution in [0.4, 0.5) is 14.6 Å². The molecule has 2 aliphatic rings. The van der Waals surface area contributed by atoms with E-state index in [0.29, 0.717) is 25.2 Å². The molecule has 32 heavy (non-hydrogen) atoms. The van der Waals surface area contributed by atoms with Crippen molar-refractivity contribution in [2.24, 2.45) is 0 Å². The summed E-state index contributed by atoms with van der Waals surface area (Å²) in [5.41, 5.74) is 7.87. The summed E-state index contributed by atoms with van der Waals surface area (Å²) in [6, 6.07) is 11.1. The third kappa shape index (κ3) is 4.42. The van der Waals surface area contributed by atoms with Crippen molar-refractivity contribution in [2.45, 2.75) is 31.1 Å². The summed E-state index contributed by atoms with van der Waals surface area (Å²) in [6.07, 6.45) is -1.19. The van der Waals surface area contributed by atoms with Gasteiger partial charge >= 0.3 is 5.69 Å². The molecule has 0 amide bonds. The van der Waals surface area contributed by atoms with Crippen LogP contribution in [0, 0.1) is 5.41 Å². The topological polar surface area (TPSA) is 109 Å². The third-order valence-electron chi connectivity index (χ3n) is 5.79. The maximum atomic E-state index is 14.6. The number of piperidine rings is 1. The second-order valence-corrected chi connectivity index (χ2v) is 8.05. The van der Waals surface area contributed by atoms with Gasteiger partial charge in [-0.25, -0.2) is 13.6 Å². The first-order valence-electron chi connectivity index (χ1n) is 10.4. The minimum absolute atomic E-state index is 0.0313. The van der Waals surface area contributed by atoms with E-state index in [2.05, 4.69) is 10.3 Å². The molecule has 1 aromatic carbocycles. The van der Waals surface area contributed by atoms with Crippen molar-refractivity contribution in [1.29, 1.82) is 5.41 Å². The van der Waals surface area contributed by atoms with Gasteiger partial charge in [0, 0.05) is 45.0 Å². The maximum absolute atomic E-state index is 14.6. The van der Waals surface area contributed by atoms with Gasteiger partial charge in [0.05, 0.1) is 11.8 Å². The van der Waals surface area contributed by atoms with Gasteiger partial charge in [0.15, 0.2) is 0 Å². The number of anilines is 1. The number of benzene rings is 1. The highest BCUT2D eigenvalue weighted by atomic mass is 19.3. The van der Waals surface area contributed by atoms with E-state index in [-0.39, 0.29) is 12.4 Å². The van der Waals surface area contributed by atoms with Gasteiger partial charge in [-0.05, 0) is 23.6 Å². The van der Waals surface area contributed by atoms with Crippen molar-refractivity contribution >= 4 is 17.2 Å². The average Bonchev–Trinajstić information content (AvgIpc) is 3.04. The number of hydrogen-bond donors (Lipinski definition) is 3. The summed E-state index contributed by atoms with van der Waals surface area (Å²) >= 11 is 0. The molecule has 10 heteroatoms. The molecule has 3 heterocycles. The van der Waals surface area contributed by atoms with Crippen LogP contribution in [0.2, 0.25) is 0 Å². The Morgan fingerprint density at radius 3 is 2.75 bits per heavy atom. The lowest BCUT2D eigenvalue weighted by Gasteiger charge is -2.32. The summed E-state index contributed by atoms with van der Waals surface area (Å²) in [5, 5.41) is 11.7. The lowest BCUT2D eigenvalue weighted by atomic mass is 9.95. The van der Waals surface area contributed by atoms with Crippen LogP contribution in [-0.4, -0.2) is 58.9 Å². The van der Waals surface area contributed by atoms with Crippen LogP contribution in [0.5, 0.6) is 0 Å². The molecule has 2 saturated heterocycles. The Bertz CT molecular complexity index is 1090. The summed E-state index contributed by atoms with van der Waals surface area (Å²) in [6.45, 7) is 1.21. The Balaban J connectivity index is 1.45. The van der Waals surface area contributed by atoms with E-state index in [1.165, 1.54) is 12.3 Å². The predicted octanol–water partition coefficient (Wildman–Crippen LogP) is 2.10. The SMILES string of the molecule is CN/C(=C1/CCN(C[C@@H]2CC(F)(F)[C@H](n3ccc(N)nc3=O)O2)CC1=N)c1ccccc1. The Morgan fingerprint density at radius 2 is 2.09 bits per heavy atom. The molecule has 0 aliphatic carbocycles. The van der Waals surface area contributed by atoms with Crippen LogP contribution < -0.4 is 16.7 Å². The zero-order valence-electron chi connectivity index (χ0n) is 17.7. The molecule has 0 spiro atoms. The van der Waals surface area contributed by atoms with Crippen LogP contribution >= 0.6 is 0 Å². The molecule has 0 saturated carbocycles. The third-order valence-corrected chi connectivity index (χ3v) is 5.79. The number of nitrogens with one attached hydrogen (secondary N) is 2. The van der Waals surface area contributed by atoms with Crippen molar-refractivity contribution in [3.8, 4) is 0 Å². The van der Waals surface area contributed by atoms with Crippen molar-refractivity contribution in [2.75, 3.05) is 32.4 Å². The van der Waals surface area contributed by atoms with Gasteiger partial charge in [-0.1, -0.05) is 30.3 Å². The smallest absolute Gasteiger partial charge is 0.351 e. The van der Waals surface area contributed by atoms with Crippen LogP contribution in [-0.2, 0) is 4.74 Å². The lowest BCUT2D eigenvalue weighted by Crippen LogP contribution is -2.42. The van der Waals surface area contributed by atoms with E-state index in [0.717, 1.165) is 21.4 Å². The highest BCUT2D eigenvalue weighted by Gasteiger charge is 2.52. The second kappa shape index (κ2) is 8.79. The number of likely N-dealkylation sites (tertiary alicyclic amines) is 1. The quantitative estimate of drug-likeness (QED) is 0.652. The van der Waals surface area contributed by atoms with Crippen molar-refractivity contribution in [1.82, 2.24) is 19.8 Å². The predicted molar refractivity (Wildman–Crippen MR) is 118 cm³/mol. The van der Waals surface area contributed by atoms with Crippen molar-refractivity contribution in [3.05, 3.63) is 64.2 Å². The fourth-order valence-electron chi connectivity index (χ4n) is 4.33. The highest BCUT2D eigenvalue weighted by Crippen LogP contribution is 2.42. The zero-order chi connectivity index (χ0) is 22.9. The standard InChI is InChI=1S/C22H26F2N6O2/c1-27-19(14-5-3-2-4-6-14)16-7-9-29(13-17(16)25)12-15-11-22(23,24)20(32-15)30-10-8-18(26)28-21(30)31/h2-6,8,10,15,20,25,27H,7,9,11-13H2,1H3,(H2,26,28,31)/b19-16-,25-17?/t15-,20+/m0/s1. The summed E-state index contributed by atoms with van der Waals surface area (Å²) in [4.78, 5) is 17.5. The summed E-state index contributed by atoms with van der Waals surface area (Å²) in [7, 11) is 1.83. The first kappa shape index (κ1) is 22.1. The molecule has 2 fully saturated rings. The van der Waals surface area contributed by atoms with E-state index >= 15 is 0 Å². The Labute approximate surface area is 184 Å². The number of nitrogens with zero attached hydrogens (tertiary/aromatic N) is 3. The number of nitrogens with two attached hydrogens (primary N) is 1.